The Bertz CT molecular complexity index is 425. The SMILES string of the molecule is CC(=O)c1cc(C(C)(C)C)ccc1OCC(C)C. The molecule has 1 aromatic carbocycles. The minimum absolute atomic E-state index is 0.0424. The number of Topliss-reactive ketones (excluding diaryl/α,β-unsaturated/α-hetero) is 1. The van der Waals surface area contributed by atoms with E-state index >= 15 is 0 Å². The normalized spacial score (nSPS) is 11.7. The minimum atomic E-state index is 0.0424. The third-order valence-electron chi connectivity index (χ3n) is 2.80. The van der Waals surface area contributed by atoms with E-state index in [0.717, 1.165) is 5.56 Å². The highest BCUT2D eigenvalue weighted by molar-refractivity contribution is 5.97. The van der Waals surface area contributed by atoms with E-state index in [9.17, 15) is 4.79 Å². The highest BCUT2D eigenvalue weighted by atomic mass is 16.5. The van der Waals surface area contributed by atoms with Crippen LogP contribution in [0.5, 0.6) is 5.75 Å². The van der Waals surface area contributed by atoms with Crippen molar-refractivity contribution in [1.29, 1.82) is 0 Å². The molecule has 0 atom stereocenters. The summed E-state index contributed by atoms with van der Waals surface area (Å²) in [5.74, 6) is 1.20. The molecule has 0 aliphatic carbocycles. The van der Waals surface area contributed by atoms with Gasteiger partial charge in [-0.2, -0.15) is 0 Å². The van der Waals surface area contributed by atoms with E-state index < -0.39 is 0 Å². The first-order chi connectivity index (χ1) is 8.21. The Morgan fingerprint density at radius 3 is 2.33 bits per heavy atom. The van der Waals surface area contributed by atoms with Crippen molar-refractivity contribution in [2.45, 2.75) is 47.0 Å². The standard InChI is InChI=1S/C16H24O2/c1-11(2)10-18-15-8-7-13(16(4,5)6)9-14(15)12(3)17/h7-9,11H,10H2,1-6H3. The molecule has 0 fully saturated rings. The van der Waals surface area contributed by atoms with Gasteiger partial charge in [-0.3, -0.25) is 4.79 Å². The third-order valence-corrected chi connectivity index (χ3v) is 2.80. The largest absolute Gasteiger partial charge is 0.493 e. The zero-order chi connectivity index (χ0) is 13.9. The van der Waals surface area contributed by atoms with Crippen LogP contribution >= 0.6 is 0 Å². The third kappa shape index (κ3) is 3.86. The number of ether oxygens (including phenoxy) is 1. The summed E-state index contributed by atoms with van der Waals surface area (Å²) in [5.41, 5.74) is 1.88. The molecule has 0 bridgehead atoms. The summed E-state index contributed by atoms with van der Waals surface area (Å²) < 4.78 is 5.71. The molecule has 100 valence electrons. The molecule has 0 spiro atoms. The highest BCUT2D eigenvalue weighted by Gasteiger charge is 2.17. The molecule has 0 N–H and O–H groups in total. The maximum atomic E-state index is 11.7. The molecule has 0 heterocycles. The number of carbonyl (C=O) groups is 1. The quantitative estimate of drug-likeness (QED) is 0.746. The van der Waals surface area contributed by atoms with Gasteiger partial charge in [0.05, 0.1) is 12.2 Å². The van der Waals surface area contributed by atoms with Gasteiger partial charge in [-0.05, 0) is 36.0 Å². The predicted molar refractivity (Wildman–Crippen MR) is 75.5 cm³/mol. The van der Waals surface area contributed by atoms with Crippen LogP contribution in [0.4, 0.5) is 0 Å². The summed E-state index contributed by atoms with van der Waals surface area (Å²) >= 11 is 0. The van der Waals surface area contributed by atoms with E-state index in [1.54, 1.807) is 6.92 Å². The lowest BCUT2D eigenvalue weighted by Crippen LogP contribution is -2.13. The summed E-state index contributed by atoms with van der Waals surface area (Å²) in [6.45, 7) is 12.8. The van der Waals surface area contributed by atoms with Crippen molar-refractivity contribution < 1.29 is 9.53 Å². The lowest BCUT2D eigenvalue weighted by Gasteiger charge is -2.21. The van der Waals surface area contributed by atoms with Gasteiger partial charge in [-0.15, -0.1) is 0 Å². The molecule has 0 aromatic heterocycles. The second-order valence-electron chi connectivity index (χ2n) is 6.22. The van der Waals surface area contributed by atoms with Crippen LogP contribution in [0.2, 0.25) is 0 Å². The van der Waals surface area contributed by atoms with E-state index in [4.69, 9.17) is 4.74 Å². The van der Waals surface area contributed by atoms with E-state index in [-0.39, 0.29) is 11.2 Å². The second-order valence-corrected chi connectivity index (χ2v) is 6.22. The highest BCUT2D eigenvalue weighted by Crippen LogP contribution is 2.28. The van der Waals surface area contributed by atoms with Gasteiger partial charge < -0.3 is 4.74 Å². The monoisotopic (exact) mass is 248 g/mol. The van der Waals surface area contributed by atoms with Crippen molar-refractivity contribution in [3.05, 3.63) is 29.3 Å². The number of carbonyl (C=O) groups excluding carboxylic acids is 1. The fourth-order valence-corrected chi connectivity index (χ4v) is 1.65. The molecule has 0 saturated heterocycles. The van der Waals surface area contributed by atoms with Crippen molar-refractivity contribution in [2.24, 2.45) is 5.92 Å². The van der Waals surface area contributed by atoms with Crippen LogP contribution in [0.15, 0.2) is 18.2 Å². The zero-order valence-corrected chi connectivity index (χ0v) is 12.3. The van der Waals surface area contributed by atoms with Crippen molar-refractivity contribution in [2.75, 3.05) is 6.61 Å². The number of rotatable bonds is 4. The first-order valence-electron chi connectivity index (χ1n) is 6.50. The smallest absolute Gasteiger partial charge is 0.163 e. The number of benzene rings is 1. The van der Waals surface area contributed by atoms with Gasteiger partial charge in [0.1, 0.15) is 5.75 Å². The van der Waals surface area contributed by atoms with Gasteiger partial charge in [-0.1, -0.05) is 40.7 Å². The topological polar surface area (TPSA) is 26.3 Å². The van der Waals surface area contributed by atoms with Gasteiger partial charge in [0.15, 0.2) is 5.78 Å². The zero-order valence-electron chi connectivity index (χ0n) is 12.3. The Hall–Kier alpha value is -1.31. The Morgan fingerprint density at radius 1 is 1.28 bits per heavy atom. The molecule has 18 heavy (non-hydrogen) atoms. The molecular weight excluding hydrogens is 224 g/mol. The summed E-state index contributed by atoms with van der Waals surface area (Å²) in [6, 6.07) is 5.92. The fourth-order valence-electron chi connectivity index (χ4n) is 1.65. The lowest BCUT2D eigenvalue weighted by atomic mass is 9.85. The van der Waals surface area contributed by atoms with E-state index in [0.29, 0.717) is 23.8 Å². The molecule has 0 amide bonds. The number of hydrogen-bond acceptors (Lipinski definition) is 2. The number of hydrogen-bond donors (Lipinski definition) is 0. The van der Waals surface area contributed by atoms with Gasteiger partial charge in [-0.25, -0.2) is 0 Å². The summed E-state index contributed by atoms with van der Waals surface area (Å²) in [5, 5.41) is 0. The van der Waals surface area contributed by atoms with E-state index in [1.807, 2.05) is 18.2 Å². The van der Waals surface area contributed by atoms with Crippen LogP contribution in [0.3, 0.4) is 0 Å². The minimum Gasteiger partial charge on any atom is -0.493 e. The molecule has 1 aromatic rings. The van der Waals surface area contributed by atoms with Crippen LogP contribution in [0.1, 0.15) is 57.5 Å². The lowest BCUT2D eigenvalue weighted by molar-refractivity contribution is 0.101. The van der Waals surface area contributed by atoms with Gasteiger partial charge in [0.2, 0.25) is 0 Å². The molecule has 2 nitrogen and oxygen atoms in total. The first kappa shape index (κ1) is 14.7. The van der Waals surface area contributed by atoms with E-state index in [1.165, 1.54) is 0 Å². The molecule has 1 rings (SSSR count). The van der Waals surface area contributed by atoms with E-state index in [2.05, 4.69) is 34.6 Å². The van der Waals surface area contributed by atoms with Crippen molar-refractivity contribution in [3.63, 3.8) is 0 Å². The molecule has 0 aliphatic rings. The van der Waals surface area contributed by atoms with Gasteiger partial charge in [0.25, 0.3) is 0 Å². The molecule has 0 saturated carbocycles. The molecule has 0 aliphatic heterocycles. The Balaban J connectivity index is 3.09. The molecular formula is C16H24O2. The summed E-state index contributed by atoms with van der Waals surface area (Å²) in [7, 11) is 0. The fraction of sp³-hybridized carbons (Fsp3) is 0.562. The maximum absolute atomic E-state index is 11.7. The Morgan fingerprint density at radius 2 is 1.89 bits per heavy atom. The van der Waals surface area contributed by atoms with Gasteiger partial charge in [0, 0.05) is 0 Å². The van der Waals surface area contributed by atoms with Crippen LogP contribution in [0.25, 0.3) is 0 Å². The first-order valence-corrected chi connectivity index (χ1v) is 6.50. The average molecular weight is 248 g/mol. The summed E-state index contributed by atoms with van der Waals surface area (Å²) in [4.78, 5) is 11.7. The molecule has 2 heteroatoms. The van der Waals surface area contributed by atoms with Crippen LogP contribution in [-0.2, 0) is 5.41 Å². The average Bonchev–Trinajstić information content (AvgIpc) is 2.24. The molecule has 0 radical (unpaired) electrons. The second kappa shape index (κ2) is 5.55. The van der Waals surface area contributed by atoms with Crippen LogP contribution < -0.4 is 4.74 Å². The van der Waals surface area contributed by atoms with Crippen LogP contribution in [0, 0.1) is 5.92 Å². The molecule has 0 unspecified atom stereocenters. The van der Waals surface area contributed by atoms with Crippen molar-refractivity contribution in [1.82, 2.24) is 0 Å². The Labute approximate surface area is 110 Å². The summed E-state index contributed by atoms with van der Waals surface area (Å²) in [6.07, 6.45) is 0. The maximum Gasteiger partial charge on any atom is 0.163 e. The van der Waals surface area contributed by atoms with Crippen molar-refractivity contribution in [3.8, 4) is 5.75 Å². The van der Waals surface area contributed by atoms with Crippen LogP contribution in [-0.4, -0.2) is 12.4 Å². The van der Waals surface area contributed by atoms with Crippen molar-refractivity contribution >= 4 is 5.78 Å². The predicted octanol–water partition coefficient (Wildman–Crippen LogP) is 4.22. The number of ketones is 1. The Kier molecular flexibility index (Phi) is 4.55. The van der Waals surface area contributed by atoms with Gasteiger partial charge >= 0.3 is 0 Å².